The predicted molar refractivity (Wildman–Crippen MR) is 64.4 cm³/mol. The van der Waals surface area contributed by atoms with Gasteiger partial charge in [-0.1, -0.05) is 0 Å². The molecule has 1 heterocycles. The van der Waals surface area contributed by atoms with Crippen LogP contribution in [0.2, 0.25) is 0 Å². The van der Waals surface area contributed by atoms with E-state index in [4.69, 9.17) is 11.1 Å². The molecule has 0 radical (unpaired) electrons. The Morgan fingerprint density at radius 3 is 2.53 bits per heavy atom. The smallest absolute Gasteiger partial charge is 0.387 e. The van der Waals surface area contributed by atoms with Crippen molar-refractivity contribution >= 4 is 17.6 Å². The second kappa shape index (κ2) is 5.06. The first-order valence-corrected chi connectivity index (χ1v) is 6.37. The molecule has 0 spiro atoms. The van der Waals surface area contributed by atoms with Crippen molar-refractivity contribution in [2.24, 2.45) is 11.7 Å². The summed E-state index contributed by atoms with van der Waals surface area (Å²) in [7, 11) is 0. The number of halogens is 3. The molecule has 1 unspecified atom stereocenters. The SMILES string of the molecule is CC1(C)CN(CC(C(=N)N)C(F)(F)F)CCS1. The van der Waals surface area contributed by atoms with Gasteiger partial charge in [-0.15, -0.1) is 0 Å². The Kier molecular flexibility index (Phi) is 4.35. The number of nitrogens with two attached hydrogens (primary N) is 1. The van der Waals surface area contributed by atoms with E-state index in [1.807, 2.05) is 13.8 Å². The molecule has 1 aliphatic heterocycles. The first kappa shape index (κ1) is 14.6. The number of rotatable bonds is 3. The third-order valence-electron chi connectivity index (χ3n) is 2.72. The predicted octanol–water partition coefficient (Wildman–Crippen LogP) is 1.93. The molecule has 0 aliphatic carbocycles. The molecule has 0 aromatic rings. The molecule has 0 saturated carbocycles. The van der Waals surface area contributed by atoms with Gasteiger partial charge in [0.1, 0.15) is 11.8 Å². The second-order valence-electron chi connectivity index (χ2n) is 4.89. The molecule has 1 saturated heterocycles. The van der Waals surface area contributed by atoms with Crippen molar-refractivity contribution in [2.45, 2.75) is 24.8 Å². The minimum atomic E-state index is -4.43. The zero-order valence-corrected chi connectivity index (χ0v) is 10.8. The quantitative estimate of drug-likeness (QED) is 0.608. The zero-order chi connectivity index (χ0) is 13.3. The third kappa shape index (κ3) is 4.39. The monoisotopic (exact) mass is 269 g/mol. The summed E-state index contributed by atoms with van der Waals surface area (Å²) < 4.78 is 38.0. The van der Waals surface area contributed by atoms with Gasteiger partial charge in [0.15, 0.2) is 0 Å². The van der Waals surface area contributed by atoms with Crippen LogP contribution in [0.15, 0.2) is 0 Å². The molecule has 17 heavy (non-hydrogen) atoms. The van der Waals surface area contributed by atoms with E-state index in [9.17, 15) is 13.2 Å². The van der Waals surface area contributed by atoms with Gasteiger partial charge < -0.3 is 10.6 Å². The summed E-state index contributed by atoms with van der Waals surface area (Å²) in [6, 6.07) is 0. The summed E-state index contributed by atoms with van der Waals surface area (Å²) in [5, 5.41) is 7.05. The van der Waals surface area contributed by atoms with E-state index in [0.29, 0.717) is 13.1 Å². The highest BCUT2D eigenvalue weighted by atomic mass is 32.2. The highest BCUT2D eigenvalue weighted by Gasteiger charge is 2.43. The molecule has 1 atom stereocenters. The molecule has 7 heteroatoms. The van der Waals surface area contributed by atoms with Gasteiger partial charge in [0, 0.05) is 30.1 Å². The lowest BCUT2D eigenvalue weighted by atomic mass is 10.1. The summed E-state index contributed by atoms with van der Waals surface area (Å²) in [6.45, 7) is 5.04. The van der Waals surface area contributed by atoms with Gasteiger partial charge >= 0.3 is 6.18 Å². The highest BCUT2D eigenvalue weighted by molar-refractivity contribution is 8.00. The van der Waals surface area contributed by atoms with E-state index in [0.717, 1.165) is 5.75 Å². The molecule has 3 N–H and O–H groups in total. The highest BCUT2D eigenvalue weighted by Crippen LogP contribution is 2.32. The van der Waals surface area contributed by atoms with E-state index in [-0.39, 0.29) is 11.3 Å². The van der Waals surface area contributed by atoms with Crippen molar-refractivity contribution in [3.05, 3.63) is 0 Å². The summed E-state index contributed by atoms with van der Waals surface area (Å²) >= 11 is 1.76. The van der Waals surface area contributed by atoms with E-state index in [2.05, 4.69) is 0 Å². The van der Waals surface area contributed by atoms with Crippen LogP contribution in [0, 0.1) is 11.3 Å². The van der Waals surface area contributed by atoms with E-state index in [1.165, 1.54) is 0 Å². The van der Waals surface area contributed by atoms with Crippen molar-refractivity contribution in [3.8, 4) is 0 Å². The van der Waals surface area contributed by atoms with Crippen LogP contribution in [0.25, 0.3) is 0 Å². The molecule has 0 bridgehead atoms. The zero-order valence-electron chi connectivity index (χ0n) is 9.97. The molecule has 0 amide bonds. The number of hydrogen-bond donors (Lipinski definition) is 2. The fraction of sp³-hybridized carbons (Fsp3) is 0.900. The van der Waals surface area contributed by atoms with Crippen LogP contribution in [-0.2, 0) is 0 Å². The fourth-order valence-electron chi connectivity index (χ4n) is 1.91. The van der Waals surface area contributed by atoms with Crippen LogP contribution in [0.3, 0.4) is 0 Å². The Bertz CT molecular complexity index is 291. The molecule has 1 aliphatic rings. The van der Waals surface area contributed by atoms with Crippen LogP contribution in [0.4, 0.5) is 13.2 Å². The Hall–Kier alpha value is -0.430. The lowest BCUT2D eigenvalue weighted by molar-refractivity contribution is -0.160. The van der Waals surface area contributed by atoms with Crippen molar-refractivity contribution < 1.29 is 13.2 Å². The molecule has 1 rings (SSSR count). The summed E-state index contributed by atoms with van der Waals surface area (Å²) in [6.07, 6.45) is -4.43. The van der Waals surface area contributed by atoms with Crippen LogP contribution >= 0.6 is 11.8 Å². The number of hydrogen-bond acceptors (Lipinski definition) is 3. The van der Waals surface area contributed by atoms with Crippen molar-refractivity contribution in [1.82, 2.24) is 4.90 Å². The number of alkyl halides is 3. The largest absolute Gasteiger partial charge is 0.399 e. The number of thioether (sulfide) groups is 1. The average molecular weight is 269 g/mol. The Balaban J connectivity index is 2.65. The molecule has 100 valence electrons. The standard InChI is InChI=1S/C10H18F3N3S/c1-9(2)6-16(3-4-17-9)5-7(8(14)15)10(11,12)13/h7H,3-6H2,1-2H3,(H3,14,15). The minimum absolute atomic E-state index is 0.0365. The number of nitrogens with one attached hydrogen (secondary N) is 1. The Labute approximate surface area is 103 Å². The topological polar surface area (TPSA) is 53.1 Å². The first-order valence-electron chi connectivity index (χ1n) is 5.39. The van der Waals surface area contributed by atoms with Gasteiger partial charge in [-0.3, -0.25) is 5.41 Å². The average Bonchev–Trinajstić information content (AvgIpc) is 2.10. The van der Waals surface area contributed by atoms with Crippen LogP contribution in [-0.4, -0.2) is 47.0 Å². The van der Waals surface area contributed by atoms with Crippen LogP contribution < -0.4 is 5.73 Å². The van der Waals surface area contributed by atoms with Crippen molar-refractivity contribution in [2.75, 3.05) is 25.4 Å². The van der Waals surface area contributed by atoms with Gasteiger partial charge in [0.25, 0.3) is 0 Å². The summed E-state index contributed by atoms with van der Waals surface area (Å²) in [5.74, 6) is -1.83. The van der Waals surface area contributed by atoms with Crippen molar-refractivity contribution in [3.63, 3.8) is 0 Å². The second-order valence-corrected chi connectivity index (χ2v) is 6.69. The maximum absolute atomic E-state index is 12.7. The number of nitrogens with zero attached hydrogens (tertiary/aromatic N) is 1. The molecular formula is C10H18F3N3S. The first-order chi connectivity index (χ1) is 7.62. The Morgan fingerprint density at radius 1 is 1.53 bits per heavy atom. The van der Waals surface area contributed by atoms with Gasteiger partial charge in [-0.25, -0.2) is 0 Å². The third-order valence-corrected chi connectivity index (χ3v) is 4.01. The molecule has 0 aromatic heterocycles. The normalized spacial score (nSPS) is 23.4. The van der Waals surface area contributed by atoms with Crippen LogP contribution in [0.1, 0.15) is 13.8 Å². The molecule has 1 fully saturated rings. The number of amidine groups is 1. The van der Waals surface area contributed by atoms with Crippen LogP contribution in [0.5, 0.6) is 0 Å². The van der Waals surface area contributed by atoms with E-state index >= 15 is 0 Å². The summed E-state index contributed by atoms with van der Waals surface area (Å²) in [4.78, 5) is 1.75. The molecular weight excluding hydrogens is 251 g/mol. The maximum Gasteiger partial charge on any atom is 0.399 e. The van der Waals surface area contributed by atoms with Gasteiger partial charge in [0.05, 0.1) is 0 Å². The summed E-state index contributed by atoms with van der Waals surface area (Å²) in [5.41, 5.74) is 5.04. The lowest BCUT2D eigenvalue weighted by Crippen LogP contribution is -2.50. The van der Waals surface area contributed by atoms with E-state index < -0.39 is 17.9 Å². The lowest BCUT2D eigenvalue weighted by Gasteiger charge is -2.39. The Morgan fingerprint density at radius 2 is 2.12 bits per heavy atom. The minimum Gasteiger partial charge on any atom is -0.387 e. The van der Waals surface area contributed by atoms with E-state index in [1.54, 1.807) is 16.7 Å². The van der Waals surface area contributed by atoms with Gasteiger partial charge in [-0.05, 0) is 13.8 Å². The molecule has 0 aromatic carbocycles. The maximum atomic E-state index is 12.7. The fourth-order valence-corrected chi connectivity index (χ4v) is 3.08. The van der Waals surface area contributed by atoms with Crippen molar-refractivity contribution in [1.29, 1.82) is 5.41 Å². The van der Waals surface area contributed by atoms with Gasteiger partial charge in [-0.2, -0.15) is 24.9 Å². The molecule has 3 nitrogen and oxygen atoms in total. The van der Waals surface area contributed by atoms with Gasteiger partial charge in [0.2, 0.25) is 0 Å².